The van der Waals surface area contributed by atoms with E-state index in [1.807, 2.05) is 12.1 Å². The van der Waals surface area contributed by atoms with Gasteiger partial charge >= 0.3 is 57.4 Å². The van der Waals surface area contributed by atoms with Gasteiger partial charge in [0.05, 0.1) is 18.0 Å². The summed E-state index contributed by atoms with van der Waals surface area (Å²) in [6.07, 6.45) is 5.49. The van der Waals surface area contributed by atoms with Gasteiger partial charge in [-0.3, -0.25) is 0 Å². The number of sulfonamides is 1. The molecule has 0 radical (unpaired) electrons. The number of carbonyl (C=O) groups excluding carboxylic acids is 1. The van der Waals surface area contributed by atoms with Crippen LogP contribution in [0.25, 0.3) is 11.1 Å². The summed E-state index contributed by atoms with van der Waals surface area (Å²) in [6.45, 7) is 4.42. The molecule has 10 heteroatoms. The molecule has 1 saturated heterocycles. The molecule has 2 amide bonds. The SMILES string of the molecule is CCN1CCC(S(=O)(=O)NC(=O)Nc2c(-c3ccnc(OC)c3)ccc3c2CCC3)CC1.[KH]. The molecule has 2 heterocycles. The number of aryl methyl sites for hydroxylation is 1. The topological polar surface area (TPSA) is 101 Å². The van der Waals surface area contributed by atoms with Gasteiger partial charge < -0.3 is 15.0 Å². The van der Waals surface area contributed by atoms with Crippen LogP contribution in [0.3, 0.4) is 0 Å². The Balaban J connectivity index is 0.00000306. The molecule has 2 N–H and O–H groups in total. The number of pyridine rings is 1. The summed E-state index contributed by atoms with van der Waals surface area (Å²) in [6, 6.07) is 6.97. The van der Waals surface area contributed by atoms with Crippen molar-refractivity contribution in [1.82, 2.24) is 14.6 Å². The standard InChI is InChI=1S/C23H30N4O4S.K.H/c1-3-27-13-10-18(11-14-27)32(29,30)26-23(28)25-22-19-6-4-5-16(19)7-8-20(22)17-9-12-24-21(15-17)31-2;;/h7-9,12,15,18H,3-6,10-11,13-14H2,1-2H3,(H2,25,26,28);;. The van der Waals surface area contributed by atoms with Crippen molar-refractivity contribution in [1.29, 1.82) is 0 Å². The fraction of sp³-hybridized carbons (Fsp3) is 0.478. The summed E-state index contributed by atoms with van der Waals surface area (Å²) in [5, 5.41) is 2.31. The maximum atomic E-state index is 12.8. The second kappa shape index (κ2) is 11.6. The maximum absolute atomic E-state index is 12.8. The van der Waals surface area contributed by atoms with Crippen molar-refractivity contribution in [2.24, 2.45) is 0 Å². The van der Waals surface area contributed by atoms with Crippen molar-refractivity contribution >= 4 is 73.1 Å². The monoisotopic (exact) mass is 498 g/mol. The van der Waals surface area contributed by atoms with Crippen LogP contribution in [-0.2, 0) is 22.9 Å². The molecule has 1 aliphatic heterocycles. The van der Waals surface area contributed by atoms with Gasteiger partial charge in [-0.05, 0) is 74.5 Å². The van der Waals surface area contributed by atoms with Gasteiger partial charge in [0.1, 0.15) is 0 Å². The number of hydrogen-bond acceptors (Lipinski definition) is 6. The number of nitrogens with one attached hydrogen (secondary N) is 2. The van der Waals surface area contributed by atoms with Crippen molar-refractivity contribution in [2.75, 3.05) is 32.1 Å². The molecular weight excluding hydrogens is 467 g/mol. The molecule has 0 bridgehead atoms. The average molecular weight is 499 g/mol. The number of amides is 2. The third kappa shape index (κ3) is 6.16. The fourth-order valence-electron chi connectivity index (χ4n) is 4.63. The summed E-state index contributed by atoms with van der Waals surface area (Å²) in [5.41, 5.74) is 4.55. The second-order valence-corrected chi connectivity index (χ2v) is 10.3. The van der Waals surface area contributed by atoms with E-state index in [1.54, 1.807) is 19.4 Å². The third-order valence-electron chi connectivity index (χ3n) is 6.43. The van der Waals surface area contributed by atoms with E-state index in [0.717, 1.165) is 55.6 Å². The number of rotatable bonds is 6. The number of anilines is 1. The number of benzene rings is 1. The molecule has 1 fully saturated rings. The molecule has 2 aliphatic rings. The summed E-state index contributed by atoms with van der Waals surface area (Å²) in [7, 11) is -2.20. The summed E-state index contributed by atoms with van der Waals surface area (Å²) < 4.78 is 33.2. The quantitative estimate of drug-likeness (QED) is 0.594. The Hall–Kier alpha value is -1.01. The summed E-state index contributed by atoms with van der Waals surface area (Å²) >= 11 is 0. The first-order valence-corrected chi connectivity index (χ1v) is 12.7. The van der Waals surface area contributed by atoms with Crippen molar-refractivity contribution < 1.29 is 17.9 Å². The molecule has 0 spiro atoms. The van der Waals surface area contributed by atoms with Crippen molar-refractivity contribution in [3.8, 4) is 17.0 Å². The van der Waals surface area contributed by atoms with Crippen LogP contribution in [0.4, 0.5) is 10.5 Å². The van der Waals surface area contributed by atoms with Gasteiger partial charge in [-0.25, -0.2) is 22.9 Å². The second-order valence-electron chi connectivity index (χ2n) is 8.30. The molecular formula is C23H31KN4O4S. The van der Waals surface area contributed by atoms with Gasteiger partial charge in [-0.15, -0.1) is 0 Å². The van der Waals surface area contributed by atoms with Gasteiger partial charge in [0.15, 0.2) is 0 Å². The van der Waals surface area contributed by atoms with Crippen LogP contribution in [0.2, 0.25) is 0 Å². The van der Waals surface area contributed by atoms with E-state index in [4.69, 9.17) is 4.74 Å². The van der Waals surface area contributed by atoms with Gasteiger partial charge in [0.2, 0.25) is 15.9 Å². The van der Waals surface area contributed by atoms with Crippen LogP contribution in [0.5, 0.6) is 5.88 Å². The minimum absolute atomic E-state index is 0. The Morgan fingerprint density at radius 3 is 2.67 bits per heavy atom. The fourth-order valence-corrected chi connectivity index (χ4v) is 5.93. The Morgan fingerprint density at radius 2 is 1.97 bits per heavy atom. The molecule has 0 atom stereocenters. The number of methoxy groups -OCH3 is 1. The molecule has 33 heavy (non-hydrogen) atoms. The number of carbonyl (C=O) groups is 1. The number of aromatic nitrogens is 1. The molecule has 2 aromatic rings. The van der Waals surface area contributed by atoms with Gasteiger partial charge in [-0.2, -0.15) is 0 Å². The van der Waals surface area contributed by atoms with Gasteiger partial charge in [0, 0.05) is 17.8 Å². The van der Waals surface area contributed by atoms with Crippen LogP contribution in [0.15, 0.2) is 30.5 Å². The van der Waals surface area contributed by atoms with E-state index in [-0.39, 0.29) is 51.4 Å². The van der Waals surface area contributed by atoms with E-state index < -0.39 is 21.3 Å². The van der Waals surface area contributed by atoms with E-state index in [9.17, 15) is 13.2 Å². The molecule has 1 aromatic carbocycles. The predicted octanol–water partition coefficient (Wildman–Crippen LogP) is 2.53. The Bertz CT molecular complexity index is 1100. The van der Waals surface area contributed by atoms with Crippen LogP contribution >= 0.6 is 0 Å². The van der Waals surface area contributed by atoms with Crippen LogP contribution < -0.4 is 14.8 Å². The number of ether oxygens (including phenoxy) is 1. The Kier molecular flexibility index (Phi) is 9.36. The summed E-state index contributed by atoms with van der Waals surface area (Å²) in [5.74, 6) is 0.472. The third-order valence-corrected chi connectivity index (χ3v) is 8.25. The number of likely N-dealkylation sites (tertiary alicyclic amines) is 1. The van der Waals surface area contributed by atoms with E-state index in [0.29, 0.717) is 24.4 Å². The molecule has 1 aliphatic carbocycles. The zero-order chi connectivity index (χ0) is 22.7. The van der Waals surface area contributed by atoms with Crippen molar-refractivity contribution in [3.05, 3.63) is 41.6 Å². The Labute approximate surface area is 238 Å². The predicted molar refractivity (Wildman–Crippen MR) is 132 cm³/mol. The number of nitrogens with zero attached hydrogens (tertiary/aromatic N) is 2. The van der Waals surface area contributed by atoms with Crippen LogP contribution in [0.1, 0.15) is 37.3 Å². The first-order chi connectivity index (χ1) is 15.4. The van der Waals surface area contributed by atoms with Gasteiger partial charge in [-0.1, -0.05) is 19.1 Å². The van der Waals surface area contributed by atoms with Crippen LogP contribution in [0, 0.1) is 0 Å². The molecule has 4 rings (SSSR count). The van der Waals surface area contributed by atoms with E-state index >= 15 is 0 Å². The van der Waals surface area contributed by atoms with Gasteiger partial charge in [0.25, 0.3) is 0 Å². The number of urea groups is 1. The molecule has 1 aromatic heterocycles. The zero-order valence-corrected chi connectivity index (χ0v) is 19.4. The number of fused-ring (bicyclic) bond motifs is 1. The first kappa shape index (κ1) is 26.6. The summed E-state index contributed by atoms with van der Waals surface area (Å²) in [4.78, 5) is 19.2. The minimum atomic E-state index is -3.76. The number of hydrogen-bond donors (Lipinski definition) is 2. The average Bonchev–Trinajstić information content (AvgIpc) is 3.28. The van der Waals surface area contributed by atoms with Crippen LogP contribution in [-0.4, -0.2) is 108 Å². The Morgan fingerprint density at radius 1 is 1.21 bits per heavy atom. The number of piperidine rings is 1. The molecule has 174 valence electrons. The van der Waals surface area contributed by atoms with Crippen molar-refractivity contribution in [3.63, 3.8) is 0 Å². The molecule has 0 unspecified atom stereocenters. The molecule has 0 saturated carbocycles. The normalized spacial score (nSPS) is 16.5. The first-order valence-electron chi connectivity index (χ1n) is 11.1. The van der Waals surface area contributed by atoms with E-state index in [2.05, 4.69) is 32.9 Å². The zero-order valence-electron chi connectivity index (χ0n) is 18.6. The molecule has 8 nitrogen and oxygen atoms in total. The van der Waals surface area contributed by atoms with Crippen molar-refractivity contribution in [2.45, 2.75) is 44.3 Å². The van der Waals surface area contributed by atoms with E-state index in [1.165, 1.54) is 5.56 Å².